The van der Waals surface area contributed by atoms with E-state index in [9.17, 15) is 9.59 Å². The molecule has 3 heterocycles. The van der Waals surface area contributed by atoms with Crippen LogP contribution >= 0.6 is 11.8 Å². The lowest BCUT2D eigenvalue weighted by Crippen LogP contribution is -2.27. The molecule has 3 aromatic rings. The number of aromatic nitrogens is 4. The fourth-order valence-corrected chi connectivity index (χ4v) is 4.80. The zero-order chi connectivity index (χ0) is 18.6. The Labute approximate surface area is 155 Å². The van der Waals surface area contributed by atoms with Crippen LogP contribution in [0.1, 0.15) is 34.0 Å². The van der Waals surface area contributed by atoms with Crippen molar-refractivity contribution in [3.8, 4) is 11.3 Å². The van der Waals surface area contributed by atoms with Gasteiger partial charge in [-0.15, -0.1) is 11.8 Å². The number of carbonyl (C=O) groups excluding carboxylic acids is 1. The van der Waals surface area contributed by atoms with Crippen LogP contribution in [-0.2, 0) is 19.3 Å². The average Bonchev–Trinajstić information content (AvgIpc) is 3.17. The summed E-state index contributed by atoms with van der Waals surface area (Å²) < 4.78 is 4.67. The van der Waals surface area contributed by atoms with Gasteiger partial charge < -0.3 is 0 Å². The van der Waals surface area contributed by atoms with Crippen molar-refractivity contribution in [3.63, 3.8) is 0 Å². The molecule has 1 aliphatic heterocycles. The second kappa shape index (κ2) is 6.02. The van der Waals surface area contributed by atoms with E-state index in [2.05, 4.69) is 5.10 Å². The van der Waals surface area contributed by atoms with E-state index >= 15 is 0 Å². The SMILES string of the molecule is CCn1c(=O)ccn1C(=O)c1cc(C)c2c(c1C)-c1nn(C)cc1CS2. The molecule has 0 N–H and O–H groups in total. The monoisotopic (exact) mass is 368 g/mol. The van der Waals surface area contributed by atoms with E-state index in [4.69, 9.17) is 0 Å². The van der Waals surface area contributed by atoms with E-state index < -0.39 is 0 Å². The van der Waals surface area contributed by atoms with Crippen molar-refractivity contribution in [1.29, 1.82) is 0 Å². The van der Waals surface area contributed by atoms with E-state index in [-0.39, 0.29) is 11.5 Å². The predicted molar refractivity (Wildman–Crippen MR) is 102 cm³/mol. The van der Waals surface area contributed by atoms with E-state index in [1.54, 1.807) is 18.0 Å². The third-order valence-electron chi connectivity index (χ3n) is 4.85. The minimum absolute atomic E-state index is 0.171. The fraction of sp³-hybridized carbons (Fsp3) is 0.316. The summed E-state index contributed by atoms with van der Waals surface area (Å²) in [6, 6.07) is 3.36. The van der Waals surface area contributed by atoms with Gasteiger partial charge in [0.1, 0.15) is 0 Å². The first-order valence-electron chi connectivity index (χ1n) is 8.55. The summed E-state index contributed by atoms with van der Waals surface area (Å²) in [5.74, 6) is 0.696. The molecule has 134 valence electrons. The normalized spacial score (nSPS) is 12.8. The largest absolute Gasteiger partial charge is 0.276 e. The van der Waals surface area contributed by atoms with Crippen LogP contribution in [0, 0.1) is 13.8 Å². The molecule has 0 amide bonds. The van der Waals surface area contributed by atoms with Crippen LogP contribution in [0.25, 0.3) is 11.3 Å². The summed E-state index contributed by atoms with van der Waals surface area (Å²) in [6.07, 6.45) is 3.58. The second-order valence-corrected chi connectivity index (χ2v) is 7.54. The number of carbonyl (C=O) groups is 1. The van der Waals surface area contributed by atoms with Gasteiger partial charge >= 0.3 is 0 Å². The van der Waals surface area contributed by atoms with Crippen molar-refractivity contribution in [2.24, 2.45) is 7.05 Å². The molecule has 4 rings (SSSR count). The highest BCUT2D eigenvalue weighted by Crippen LogP contribution is 2.45. The number of fused-ring (bicyclic) bond motifs is 3. The molecule has 1 aromatic carbocycles. The van der Waals surface area contributed by atoms with Crippen molar-refractivity contribution in [3.05, 3.63) is 57.1 Å². The van der Waals surface area contributed by atoms with Gasteiger partial charge in [0, 0.05) is 59.4 Å². The molecule has 6 nitrogen and oxygen atoms in total. The zero-order valence-electron chi connectivity index (χ0n) is 15.2. The Balaban J connectivity index is 1.94. The van der Waals surface area contributed by atoms with Gasteiger partial charge in [0.05, 0.1) is 5.69 Å². The minimum Gasteiger partial charge on any atom is -0.275 e. The summed E-state index contributed by atoms with van der Waals surface area (Å²) in [4.78, 5) is 26.3. The first kappa shape index (κ1) is 16.9. The van der Waals surface area contributed by atoms with Gasteiger partial charge in [-0.25, -0.2) is 9.36 Å². The molecular weight excluding hydrogens is 348 g/mol. The van der Waals surface area contributed by atoms with Gasteiger partial charge in [-0.3, -0.25) is 14.3 Å². The third-order valence-corrected chi connectivity index (χ3v) is 6.12. The molecular formula is C19H20N4O2S. The number of hydrogen-bond donors (Lipinski definition) is 0. The lowest BCUT2D eigenvalue weighted by molar-refractivity contribution is 0.0926. The Morgan fingerprint density at radius 1 is 1.35 bits per heavy atom. The Morgan fingerprint density at radius 2 is 2.12 bits per heavy atom. The molecule has 0 unspecified atom stereocenters. The van der Waals surface area contributed by atoms with E-state index in [0.717, 1.165) is 28.1 Å². The molecule has 2 aromatic heterocycles. The summed E-state index contributed by atoms with van der Waals surface area (Å²) in [7, 11) is 1.92. The average molecular weight is 368 g/mol. The summed E-state index contributed by atoms with van der Waals surface area (Å²) in [6.45, 7) is 6.29. The quantitative estimate of drug-likeness (QED) is 0.698. The van der Waals surface area contributed by atoms with Gasteiger partial charge in [0.2, 0.25) is 0 Å². The lowest BCUT2D eigenvalue weighted by Gasteiger charge is -2.22. The molecule has 26 heavy (non-hydrogen) atoms. The summed E-state index contributed by atoms with van der Waals surface area (Å²) in [5, 5.41) is 4.64. The van der Waals surface area contributed by atoms with Gasteiger partial charge in [-0.2, -0.15) is 5.10 Å². The molecule has 0 saturated carbocycles. The maximum absolute atomic E-state index is 13.2. The smallest absolute Gasteiger partial charge is 0.275 e. The number of aryl methyl sites for hydroxylation is 2. The third kappa shape index (κ3) is 2.38. The van der Waals surface area contributed by atoms with Gasteiger partial charge in [-0.05, 0) is 38.0 Å². The Kier molecular flexibility index (Phi) is 3.91. The first-order chi connectivity index (χ1) is 12.4. The minimum atomic E-state index is -0.189. The highest BCUT2D eigenvalue weighted by atomic mass is 32.2. The highest BCUT2D eigenvalue weighted by Gasteiger charge is 2.27. The molecule has 0 spiro atoms. The Bertz CT molecular complexity index is 1100. The molecule has 0 fully saturated rings. The molecule has 1 aliphatic rings. The highest BCUT2D eigenvalue weighted by molar-refractivity contribution is 7.98. The fourth-order valence-electron chi connectivity index (χ4n) is 3.61. The van der Waals surface area contributed by atoms with Crippen molar-refractivity contribution in [1.82, 2.24) is 19.1 Å². The summed E-state index contributed by atoms with van der Waals surface area (Å²) in [5.41, 5.74) is 5.59. The molecule has 0 bridgehead atoms. The number of nitrogens with zero attached hydrogens (tertiary/aromatic N) is 4. The second-order valence-electron chi connectivity index (χ2n) is 6.55. The molecule has 0 saturated heterocycles. The number of rotatable bonds is 2. The number of hydrogen-bond acceptors (Lipinski definition) is 4. The van der Waals surface area contributed by atoms with Crippen LogP contribution < -0.4 is 5.56 Å². The van der Waals surface area contributed by atoms with Gasteiger partial charge in [0.25, 0.3) is 11.5 Å². The van der Waals surface area contributed by atoms with E-state index in [1.165, 1.54) is 25.9 Å². The maximum atomic E-state index is 13.2. The Hall–Kier alpha value is -2.54. The molecule has 0 radical (unpaired) electrons. The van der Waals surface area contributed by atoms with E-state index in [0.29, 0.717) is 12.1 Å². The molecule has 7 heteroatoms. The first-order valence-corrected chi connectivity index (χ1v) is 9.54. The molecule has 0 aliphatic carbocycles. The number of thioether (sulfide) groups is 1. The van der Waals surface area contributed by atoms with Gasteiger partial charge in [0.15, 0.2) is 0 Å². The van der Waals surface area contributed by atoms with Crippen molar-refractivity contribution in [2.75, 3.05) is 0 Å². The van der Waals surface area contributed by atoms with Crippen molar-refractivity contribution < 1.29 is 4.79 Å². The topological polar surface area (TPSA) is 61.8 Å². The zero-order valence-corrected chi connectivity index (χ0v) is 16.1. The molecule has 0 atom stereocenters. The van der Waals surface area contributed by atoms with Gasteiger partial charge in [-0.1, -0.05) is 0 Å². The van der Waals surface area contributed by atoms with E-state index in [1.807, 2.05) is 44.8 Å². The Morgan fingerprint density at radius 3 is 2.85 bits per heavy atom. The van der Waals surface area contributed by atoms with Crippen LogP contribution in [0.4, 0.5) is 0 Å². The lowest BCUT2D eigenvalue weighted by atomic mass is 9.94. The van der Waals surface area contributed by atoms with Crippen LogP contribution in [-0.4, -0.2) is 25.1 Å². The van der Waals surface area contributed by atoms with Crippen LogP contribution in [0.15, 0.2) is 34.2 Å². The van der Waals surface area contributed by atoms with Crippen LogP contribution in [0.2, 0.25) is 0 Å². The van der Waals surface area contributed by atoms with Crippen LogP contribution in [0.5, 0.6) is 0 Å². The summed E-state index contributed by atoms with van der Waals surface area (Å²) >= 11 is 1.79. The number of benzene rings is 1. The van der Waals surface area contributed by atoms with Crippen LogP contribution in [0.3, 0.4) is 0 Å². The maximum Gasteiger partial charge on any atom is 0.276 e. The van der Waals surface area contributed by atoms with Crippen molar-refractivity contribution >= 4 is 17.7 Å². The predicted octanol–water partition coefficient (Wildman–Crippen LogP) is 2.98. The standard InChI is InChI=1S/C19H20N4O2S/c1-5-22-15(24)6-7-23(22)19(25)14-8-11(2)18-16(12(14)3)17-13(10-26-18)9-21(4)20-17/h6-9H,5,10H2,1-4H3. The van der Waals surface area contributed by atoms with Crippen molar-refractivity contribution in [2.45, 2.75) is 38.0 Å².